The lowest BCUT2D eigenvalue weighted by Crippen LogP contribution is -2.23. The Hall–Kier alpha value is -0.300. The van der Waals surface area contributed by atoms with Gasteiger partial charge in [-0.2, -0.15) is 0 Å². The standard InChI is InChI=1S/C9H12INO2S/c1-9(2,3)13-8(12)7-5(11)4-6(10)14-7/h4H,11H2,1-3H3. The molecule has 0 radical (unpaired) electrons. The lowest BCUT2D eigenvalue weighted by molar-refractivity contribution is 0.00764. The fourth-order valence-corrected chi connectivity index (χ4v) is 2.54. The molecule has 1 aromatic heterocycles. The highest BCUT2D eigenvalue weighted by Gasteiger charge is 2.21. The number of carbonyl (C=O) groups is 1. The van der Waals surface area contributed by atoms with E-state index in [1.165, 1.54) is 11.3 Å². The van der Waals surface area contributed by atoms with Crippen molar-refractivity contribution in [3.63, 3.8) is 0 Å². The first-order chi connectivity index (χ1) is 6.29. The number of anilines is 1. The van der Waals surface area contributed by atoms with E-state index in [1.54, 1.807) is 6.07 Å². The molecule has 1 aromatic rings. The Labute approximate surface area is 101 Å². The van der Waals surface area contributed by atoms with E-state index in [0.717, 1.165) is 2.88 Å². The van der Waals surface area contributed by atoms with Crippen molar-refractivity contribution in [1.82, 2.24) is 0 Å². The Kier molecular flexibility index (Phi) is 3.41. The molecule has 14 heavy (non-hydrogen) atoms. The van der Waals surface area contributed by atoms with Gasteiger partial charge in [0, 0.05) is 0 Å². The van der Waals surface area contributed by atoms with Crippen molar-refractivity contribution >= 4 is 45.6 Å². The first-order valence-electron chi connectivity index (χ1n) is 4.08. The van der Waals surface area contributed by atoms with Gasteiger partial charge in [0.25, 0.3) is 0 Å². The molecule has 78 valence electrons. The van der Waals surface area contributed by atoms with Crippen LogP contribution in [-0.2, 0) is 4.74 Å². The molecule has 0 spiro atoms. The van der Waals surface area contributed by atoms with Gasteiger partial charge in [0.05, 0.1) is 8.57 Å². The molecule has 0 atom stereocenters. The van der Waals surface area contributed by atoms with Gasteiger partial charge in [0.2, 0.25) is 0 Å². The second kappa shape index (κ2) is 4.06. The number of rotatable bonds is 1. The molecule has 0 saturated heterocycles. The van der Waals surface area contributed by atoms with E-state index in [-0.39, 0.29) is 5.97 Å². The van der Waals surface area contributed by atoms with Crippen LogP contribution in [0.4, 0.5) is 5.69 Å². The van der Waals surface area contributed by atoms with Gasteiger partial charge in [-0.25, -0.2) is 4.79 Å². The number of carbonyl (C=O) groups excluding carboxylic acids is 1. The zero-order valence-corrected chi connectivity index (χ0v) is 11.2. The topological polar surface area (TPSA) is 52.3 Å². The molecule has 2 N–H and O–H groups in total. The zero-order chi connectivity index (χ0) is 10.9. The molecule has 0 aliphatic rings. The summed E-state index contributed by atoms with van der Waals surface area (Å²) in [5.41, 5.74) is 5.69. The smallest absolute Gasteiger partial charge is 0.351 e. The average molecular weight is 325 g/mol. The molecule has 0 aromatic carbocycles. The highest BCUT2D eigenvalue weighted by atomic mass is 127. The van der Waals surface area contributed by atoms with Gasteiger partial charge in [-0.1, -0.05) is 0 Å². The summed E-state index contributed by atoms with van der Waals surface area (Å²) in [6.45, 7) is 5.50. The number of hydrogen-bond acceptors (Lipinski definition) is 4. The summed E-state index contributed by atoms with van der Waals surface area (Å²) in [5, 5.41) is 0. The summed E-state index contributed by atoms with van der Waals surface area (Å²) >= 11 is 3.48. The normalized spacial score (nSPS) is 11.4. The summed E-state index contributed by atoms with van der Waals surface area (Å²) in [6, 6.07) is 1.77. The number of esters is 1. The number of hydrogen-bond donors (Lipinski definition) is 1. The highest BCUT2D eigenvalue weighted by molar-refractivity contribution is 14.1. The number of nitrogen functional groups attached to an aromatic ring is 1. The molecule has 0 aliphatic carbocycles. The number of thiophene rings is 1. The van der Waals surface area contributed by atoms with Crippen LogP contribution in [0.5, 0.6) is 0 Å². The van der Waals surface area contributed by atoms with Gasteiger partial charge in [-0.15, -0.1) is 11.3 Å². The van der Waals surface area contributed by atoms with E-state index in [1.807, 2.05) is 20.8 Å². The van der Waals surface area contributed by atoms with Gasteiger partial charge >= 0.3 is 5.97 Å². The van der Waals surface area contributed by atoms with Crippen LogP contribution in [0, 0.1) is 2.88 Å². The van der Waals surface area contributed by atoms with Crippen LogP contribution in [0.25, 0.3) is 0 Å². The van der Waals surface area contributed by atoms with Crippen LogP contribution < -0.4 is 5.73 Å². The van der Waals surface area contributed by atoms with E-state index < -0.39 is 5.60 Å². The third-order valence-electron chi connectivity index (χ3n) is 1.32. The molecule has 5 heteroatoms. The van der Waals surface area contributed by atoms with Crippen molar-refractivity contribution in [3.05, 3.63) is 13.8 Å². The Morgan fingerprint density at radius 2 is 2.14 bits per heavy atom. The van der Waals surface area contributed by atoms with E-state index in [4.69, 9.17) is 10.5 Å². The van der Waals surface area contributed by atoms with E-state index >= 15 is 0 Å². The molecule has 0 saturated carbocycles. The minimum Gasteiger partial charge on any atom is -0.456 e. The summed E-state index contributed by atoms with van der Waals surface area (Å²) in [4.78, 5) is 12.1. The minimum atomic E-state index is -0.473. The second-order valence-corrected chi connectivity index (χ2v) is 6.78. The summed E-state index contributed by atoms with van der Waals surface area (Å²) < 4.78 is 6.19. The minimum absolute atomic E-state index is 0.345. The number of halogens is 1. The summed E-state index contributed by atoms with van der Waals surface area (Å²) in [6.07, 6.45) is 0. The molecule has 3 nitrogen and oxygen atoms in total. The predicted molar refractivity (Wildman–Crippen MR) is 66.6 cm³/mol. The Morgan fingerprint density at radius 1 is 1.57 bits per heavy atom. The molecular weight excluding hydrogens is 313 g/mol. The van der Waals surface area contributed by atoms with Gasteiger partial charge < -0.3 is 10.5 Å². The fraction of sp³-hybridized carbons (Fsp3) is 0.444. The van der Waals surface area contributed by atoms with Crippen LogP contribution >= 0.6 is 33.9 Å². The van der Waals surface area contributed by atoms with Gasteiger partial charge in [-0.3, -0.25) is 0 Å². The monoisotopic (exact) mass is 325 g/mol. The third kappa shape index (κ3) is 3.13. The molecule has 1 heterocycles. The van der Waals surface area contributed by atoms with Crippen LogP contribution in [0.2, 0.25) is 0 Å². The molecular formula is C9H12INO2S. The Bertz CT molecular complexity index is 354. The van der Waals surface area contributed by atoms with Crippen LogP contribution in [-0.4, -0.2) is 11.6 Å². The SMILES string of the molecule is CC(C)(C)OC(=O)c1sc(I)cc1N. The molecule has 1 rings (SSSR count). The van der Waals surface area contributed by atoms with Gasteiger partial charge in [0.15, 0.2) is 0 Å². The van der Waals surface area contributed by atoms with Crippen molar-refractivity contribution in [1.29, 1.82) is 0 Å². The summed E-state index contributed by atoms with van der Waals surface area (Å²) in [5.74, 6) is -0.345. The van der Waals surface area contributed by atoms with Crippen molar-refractivity contribution in [3.8, 4) is 0 Å². The van der Waals surface area contributed by atoms with Crippen LogP contribution in [0.3, 0.4) is 0 Å². The highest BCUT2D eigenvalue weighted by Crippen LogP contribution is 2.27. The number of nitrogens with two attached hydrogens (primary N) is 1. The fourth-order valence-electron chi connectivity index (χ4n) is 0.858. The zero-order valence-electron chi connectivity index (χ0n) is 8.26. The second-order valence-electron chi connectivity index (χ2n) is 3.84. The number of ether oxygens (including phenoxy) is 1. The Balaban J connectivity index is 2.85. The van der Waals surface area contributed by atoms with Crippen molar-refractivity contribution in [2.75, 3.05) is 5.73 Å². The predicted octanol–water partition coefficient (Wildman–Crippen LogP) is 2.89. The molecule has 0 fully saturated rings. The quantitative estimate of drug-likeness (QED) is 0.638. The lowest BCUT2D eigenvalue weighted by atomic mass is 10.2. The first-order valence-corrected chi connectivity index (χ1v) is 5.97. The van der Waals surface area contributed by atoms with E-state index in [0.29, 0.717) is 10.6 Å². The van der Waals surface area contributed by atoms with Crippen molar-refractivity contribution < 1.29 is 9.53 Å². The maximum Gasteiger partial charge on any atom is 0.351 e. The maximum atomic E-state index is 11.6. The molecule has 0 unspecified atom stereocenters. The third-order valence-corrected chi connectivity index (χ3v) is 3.21. The maximum absolute atomic E-state index is 11.6. The average Bonchev–Trinajstić information content (AvgIpc) is 2.26. The van der Waals surface area contributed by atoms with Crippen LogP contribution in [0.15, 0.2) is 6.07 Å². The van der Waals surface area contributed by atoms with Crippen LogP contribution in [0.1, 0.15) is 30.4 Å². The van der Waals surface area contributed by atoms with Crippen molar-refractivity contribution in [2.24, 2.45) is 0 Å². The van der Waals surface area contributed by atoms with Gasteiger partial charge in [0.1, 0.15) is 10.5 Å². The molecule has 0 aliphatic heterocycles. The summed E-state index contributed by atoms with van der Waals surface area (Å²) in [7, 11) is 0. The lowest BCUT2D eigenvalue weighted by Gasteiger charge is -2.18. The first kappa shape index (κ1) is 11.8. The Morgan fingerprint density at radius 3 is 2.50 bits per heavy atom. The molecule has 0 bridgehead atoms. The molecule has 0 amide bonds. The van der Waals surface area contributed by atoms with E-state index in [2.05, 4.69) is 22.6 Å². The largest absolute Gasteiger partial charge is 0.456 e. The van der Waals surface area contributed by atoms with Crippen molar-refractivity contribution in [2.45, 2.75) is 26.4 Å². The van der Waals surface area contributed by atoms with E-state index in [9.17, 15) is 4.79 Å². The van der Waals surface area contributed by atoms with Gasteiger partial charge in [-0.05, 0) is 49.4 Å².